The van der Waals surface area contributed by atoms with Gasteiger partial charge in [-0.1, -0.05) is 103 Å². The Kier molecular flexibility index (Phi) is 7.26. The normalized spacial score (nSPS) is 13.6. The molecule has 6 nitrogen and oxygen atoms in total. The molecule has 1 aliphatic heterocycles. The van der Waals surface area contributed by atoms with Crippen molar-refractivity contribution in [2.24, 2.45) is 0 Å². The van der Waals surface area contributed by atoms with Crippen LogP contribution < -0.4 is 4.90 Å². The van der Waals surface area contributed by atoms with Crippen LogP contribution in [0.3, 0.4) is 0 Å². The van der Waals surface area contributed by atoms with Crippen molar-refractivity contribution < 1.29 is 9.90 Å². The summed E-state index contributed by atoms with van der Waals surface area (Å²) in [5, 5.41) is 32.5. The molecule has 1 aliphatic rings. The van der Waals surface area contributed by atoms with Crippen molar-refractivity contribution in [2.75, 3.05) is 4.90 Å². The topological polar surface area (TPSA) is 93.0 Å². The molecule has 52 heavy (non-hydrogen) atoms. The predicted molar refractivity (Wildman–Crippen MR) is 205 cm³/mol. The molecule has 0 saturated heterocycles. The maximum Gasteiger partial charge on any atom is 0.263 e. The molecule has 0 radical (unpaired) electrons. The van der Waals surface area contributed by atoms with Crippen LogP contribution in [0.4, 0.5) is 5.69 Å². The number of nitrogens with zero attached hydrogens (tertiary/aromatic N) is 4. The van der Waals surface area contributed by atoms with Crippen molar-refractivity contribution in [3.05, 3.63) is 180 Å². The molecule has 7 aromatic carbocycles. The summed E-state index contributed by atoms with van der Waals surface area (Å²) >= 11 is 0. The Hall–Kier alpha value is -7.25. The standard InChI is InChI=1S/C46H28N4O2/c47-27-29-9-13-33(14-10-29)35-19-23-38-39-24-20-36(34-15-11-30(28-48)12-16-34)26-43(39)50(42(38)25-35)41-8-4-7-40-44(41)46(52)49(45(40)51)37-21-17-32(18-22-37)31-5-2-1-3-6-31/h1-26,45,51H. The SMILES string of the molecule is N#Cc1ccc(-c2ccc3c4ccc(-c5ccc(C#N)cc5)cc4n(-c4cccc5c4C(=O)N(c4ccc(-c6ccccc6)cc4)C5O)c3c2)cc1. The fraction of sp³-hybridized carbons (Fsp3) is 0.0217. The molecule has 0 bridgehead atoms. The molecule has 8 aromatic rings. The maximum atomic E-state index is 14.5. The first-order chi connectivity index (χ1) is 25.5. The van der Waals surface area contributed by atoms with Crippen LogP contribution in [0.5, 0.6) is 0 Å². The molecule has 1 amide bonds. The number of aliphatic hydroxyl groups is 1. The molecule has 9 rings (SSSR count). The number of hydrogen-bond donors (Lipinski definition) is 1. The van der Waals surface area contributed by atoms with Gasteiger partial charge in [-0.25, -0.2) is 0 Å². The molecule has 6 heteroatoms. The number of benzene rings is 7. The first kappa shape index (κ1) is 30.8. The van der Waals surface area contributed by atoms with Gasteiger partial charge in [0.25, 0.3) is 5.91 Å². The predicted octanol–water partition coefficient (Wildman–Crippen LogP) is 10.2. The van der Waals surface area contributed by atoms with E-state index in [1.807, 2.05) is 121 Å². The Labute approximate surface area is 299 Å². The first-order valence-electron chi connectivity index (χ1n) is 16.9. The lowest BCUT2D eigenvalue weighted by molar-refractivity contribution is 0.0935. The highest BCUT2D eigenvalue weighted by atomic mass is 16.3. The summed E-state index contributed by atoms with van der Waals surface area (Å²) in [5.41, 5.74) is 11.2. The third-order valence-corrected chi connectivity index (χ3v) is 9.99. The number of nitriles is 2. The number of carbonyl (C=O) groups excluding carboxylic acids is 1. The highest BCUT2D eigenvalue weighted by molar-refractivity contribution is 6.16. The van der Waals surface area contributed by atoms with Crippen LogP contribution in [0.2, 0.25) is 0 Å². The van der Waals surface area contributed by atoms with Crippen molar-refractivity contribution in [2.45, 2.75) is 6.23 Å². The molecule has 1 N–H and O–H groups in total. The Bertz CT molecular complexity index is 2660. The van der Waals surface area contributed by atoms with Gasteiger partial charge in [0, 0.05) is 22.0 Å². The minimum Gasteiger partial charge on any atom is -0.369 e. The highest BCUT2D eigenvalue weighted by Crippen LogP contribution is 2.43. The fourth-order valence-corrected chi connectivity index (χ4v) is 7.38. The molecule has 2 heterocycles. The lowest BCUT2D eigenvalue weighted by Crippen LogP contribution is -2.27. The van der Waals surface area contributed by atoms with Crippen molar-refractivity contribution in [1.29, 1.82) is 10.5 Å². The van der Waals surface area contributed by atoms with E-state index in [0.29, 0.717) is 33.6 Å². The second kappa shape index (κ2) is 12.3. The zero-order valence-corrected chi connectivity index (χ0v) is 27.7. The van der Waals surface area contributed by atoms with E-state index < -0.39 is 6.23 Å². The van der Waals surface area contributed by atoms with E-state index in [-0.39, 0.29) is 5.91 Å². The van der Waals surface area contributed by atoms with Crippen LogP contribution in [0.1, 0.15) is 33.3 Å². The lowest BCUT2D eigenvalue weighted by atomic mass is 10.0. The fourth-order valence-electron chi connectivity index (χ4n) is 7.38. The summed E-state index contributed by atoms with van der Waals surface area (Å²) in [7, 11) is 0. The largest absolute Gasteiger partial charge is 0.369 e. The van der Waals surface area contributed by atoms with Gasteiger partial charge in [-0.2, -0.15) is 10.5 Å². The summed E-state index contributed by atoms with van der Waals surface area (Å²) < 4.78 is 2.12. The van der Waals surface area contributed by atoms with Crippen molar-refractivity contribution in [1.82, 2.24) is 4.57 Å². The minimum atomic E-state index is -1.17. The number of amides is 1. The van der Waals surface area contributed by atoms with E-state index >= 15 is 0 Å². The van der Waals surface area contributed by atoms with Gasteiger partial charge in [0.15, 0.2) is 6.23 Å². The number of aromatic nitrogens is 1. The average molecular weight is 669 g/mol. The second-order valence-electron chi connectivity index (χ2n) is 12.9. The van der Waals surface area contributed by atoms with E-state index in [0.717, 1.165) is 55.2 Å². The number of fused-ring (bicyclic) bond motifs is 4. The molecule has 0 fully saturated rings. The molecule has 0 aliphatic carbocycles. The van der Waals surface area contributed by atoms with Gasteiger partial charge in [-0.05, 0) is 88.0 Å². The average Bonchev–Trinajstić information content (AvgIpc) is 3.67. The summed E-state index contributed by atoms with van der Waals surface area (Å²) in [6.07, 6.45) is -1.17. The van der Waals surface area contributed by atoms with Gasteiger partial charge >= 0.3 is 0 Å². The van der Waals surface area contributed by atoms with E-state index in [2.05, 4.69) is 53.1 Å². The van der Waals surface area contributed by atoms with Gasteiger partial charge < -0.3 is 9.67 Å². The summed E-state index contributed by atoms with van der Waals surface area (Å²) in [5.74, 6) is -0.285. The summed E-state index contributed by atoms with van der Waals surface area (Å²) in [4.78, 5) is 16.0. The van der Waals surface area contributed by atoms with Crippen LogP contribution >= 0.6 is 0 Å². The lowest BCUT2D eigenvalue weighted by Gasteiger charge is -2.21. The van der Waals surface area contributed by atoms with E-state index in [1.165, 1.54) is 4.90 Å². The van der Waals surface area contributed by atoms with E-state index in [9.17, 15) is 20.4 Å². The number of anilines is 1. The Morgan fingerprint density at radius 3 is 1.54 bits per heavy atom. The number of rotatable bonds is 5. The van der Waals surface area contributed by atoms with Gasteiger partial charge in [0.2, 0.25) is 0 Å². The maximum absolute atomic E-state index is 14.5. The molecular formula is C46H28N4O2. The molecule has 244 valence electrons. The van der Waals surface area contributed by atoms with Crippen molar-refractivity contribution in [3.63, 3.8) is 0 Å². The van der Waals surface area contributed by atoms with Crippen LogP contribution in [-0.2, 0) is 0 Å². The van der Waals surface area contributed by atoms with Gasteiger partial charge in [0.05, 0.1) is 45.5 Å². The molecule has 1 atom stereocenters. The number of hydrogen-bond acceptors (Lipinski definition) is 4. The van der Waals surface area contributed by atoms with E-state index in [4.69, 9.17) is 0 Å². The van der Waals surface area contributed by atoms with Crippen LogP contribution in [0, 0.1) is 22.7 Å². The monoisotopic (exact) mass is 668 g/mol. The molecule has 0 spiro atoms. The summed E-state index contributed by atoms with van der Waals surface area (Å²) in [6, 6.07) is 55.3. The highest BCUT2D eigenvalue weighted by Gasteiger charge is 2.39. The molecule has 1 unspecified atom stereocenters. The zero-order valence-electron chi connectivity index (χ0n) is 27.7. The van der Waals surface area contributed by atoms with Crippen molar-refractivity contribution in [3.8, 4) is 51.2 Å². The van der Waals surface area contributed by atoms with Gasteiger partial charge in [-0.3, -0.25) is 9.69 Å². The Balaban J connectivity index is 1.23. The van der Waals surface area contributed by atoms with Crippen molar-refractivity contribution >= 4 is 33.4 Å². The molecule has 0 saturated carbocycles. The third-order valence-electron chi connectivity index (χ3n) is 9.99. The van der Waals surface area contributed by atoms with Gasteiger partial charge in [0.1, 0.15) is 0 Å². The van der Waals surface area contributed by atoms with Crippen LogP contribution in [0.15, 0.2) is 158 Å². The molecular weight excluding hydrogens is 641 g/mol. The second-order valence-corrected chi connectivity index (χ2v) is 12.9. The Morgan fingerprint density at radius 1 is 0.519 bits per heavy atom. The quantitative estimate of drug-likeness (QED) is 0.198. The third kappa shape index (κ3) is 4.95. The summed E-state index contributed by atoms with van der Waals surface area (Å²) in [6.45, 7) is 0. The smallest absolute Gasteiger partial charge is 0.263 e. The van der Waals surface area contributed by atoms with Crippen LogP contribution in [0.25, 0.3) is 60.9 Å². The van der Waals surface area contributed by atoms with Crippen LogP contribution in [-0.4, -0.2) is 15.6 Å². The Morgan fingerprint density at radius 2 is 1.00 bits per heavy atom. The number of carbonyl (C=O) groups is 1. The molecule has 1 aromatic heterocycles. The zero-order chi connectivity index (χ0) is 35.3. The minimum absolute atomic E-state index is 0.285. The van der Waals surface area contributed by atoms with Gasteiger partial charge in [-0.15, -0.1) is 0 Å². The first-order valence-corrected chi connectivity index (χ1v) is 16.9. The van der Waals surface area contributed by atoms with E-state index in [1.54, 1.807) is 0 Å². The number of aliphatic hydroxyl groups excluding tert-OH is 1.